The van der Waals surface area contributed by atoms with E-state index < -0.39 is 0 Å². The van der Waals surface area contributed by atoms with Crippen molar-refractivity contribution in [3.8, 4) is 0 Å². The van der Waals surface area contributed by atoms with Gasteiger partial charge in [-0.3, -0.25) is 0 Å². The van der Waals surface area contributed by atoms with E-state index in [9.17, 15) is 0 Å². The van der Waals surface area contributed by atoms with Crippen LogP contribution < -0.4 is 5.32 Å². The van der Waals surface area contributed by atoms with Crippen LogP contribution in [-0.4, -0.2) is 12.6 Å². The van der Waals surface area contributed by atoms with Crippen LogP contribution in [0.15, 0.2) is 30.3 Å². The highest BCUT2D eigenvalue weighted by atomic mass is 15.0. The van der Waals surface area contributed by atoms with Crippen LogP contribution in [0.25, 0.3) is 0 Å². The smallest absolute Gasteiger partial charge is 0.0192 e. The fraction of sp³-hybridized carbons (Fsp3) is 0.684. The number of hydrogen-bond acceptors (Lipinski definition) is 1. The second-order valence-corrected chi connectivity index (χ2v) is 6.85. The van der Waals surface area contributed by atoms with Crippen LogP contribution in [0, 0.1) is 5.92 Å². The van der Waals surface area contributed by atoms with Gasteiger partial charge in [0, 0.05) is 11.5 Å². The molecule has 2 aliphatic rings. The van der Waals surface area contributed by atoms with Crippen LogP contribution in [0.1, 0.15) is 63.9 Å². The zero-order chi connectivity index (χ0) is 13.8. The van der Waals surface area contributed by atoms with E-state index in [1.165, 1.54) is 57.9 Å². The van der Waals surface area contributed by atoms with E-state index in [4.69, 9.17) is 0 Å². The topological polar surface area (TPSA) is 12.0 Å². The molecule has 2 saturated carbocycles. The Hall–Kier alpha value is -0.820. The van der Waals surface area contributed by atoms with Crippen molar-refractivity contribution in [1.29, 1.82) is 0 Å². The first-order valence-corrected chi connectivity index (χ1v) is 8.66. The first kappa shape index (κ1) is 14.1. The first-order valence-electron chi connectivity index (χ1n) is 8.66. The van der Waals surface area contributed by atoms with E-state index in [0.717, 1.165) is 5.92 Å². The van der Waals surface area contributed by atoms with Gasteiger partial charge in [0.2, 0.25) is 0 Å². The molecule has 0 saturated heterocycles. The molecular weight excluding hydrogens is 242 g/mol. The molecule has 0 aliphatic heterocycles. The molecule has 1 atom stereocenters. The van der Waals surface area contributed by atoms with Crippen LogP contribution in [0.2, 0.25) is 0 Å². The highest BCUT2D eigenvalue weighted by Gasteiger charge is 2.52. The van der Waals surface area contributed by atoms with Crippen LogP contribution in [0.5, 0.6) is 0 Å². The Morgan fingerprint density at radius 1 is 1.10 bits per heavy atom. The molecule has 110 valence electrons. The van der Waals surface area contributed by atoms with Gasteiger partial charge in [-0.25, -0.2) is 0 Å². The van der Waals surface area contributed by atoms with Crippen molar-refractivity contribution in [2.45, 2.75) is 69.7 Å². The van der Waals surface area contributed by atoms with Gasteiger partial charge in [-0.2, -0.15) is 0 Å². The minimum atomic E-state index is 0.457. The minimum absolute atomic E-state index is 0.457. The van der Waals surface area contributed by atoms with E-state index in [-0.39, 0.29) is 0 Å². The summed E-state index contributed by atoms with van der Waals surface area (Å²) in [6.45, 7) is 3.46. The molecule has 1 N–H and O–H groups in total. The number of nitrogens with one attached hydrogen (secondary N) is 1. The molecule has 0 heterocycles. The van der Waals surface area contributed by atoms with E-state index in [0.29, 0.717) is 11.5 Å². The average Bonchev–Trinajstić information content (AvgIpc) is 3.31. The summed E-state index contributed by atoms with van der Waals surface area (Å²) in [4.78, 5) is 0. The number of rotatable bonds is 6. The predicted octanol–water partition coefficient (Wildman–Crippen LogP) is 4.67. The molecule has 1 aromatic carbocycles. The summed E-state index contributed by atoms with van der Waals surface area (Å²) in [6, 6.07) is 12.0. The first-order chi connectivity index (χ1) is 9.87. The van der Waals surface area contributed by atoms with Crippen molar-refractivity contribution in [2.24, 2.45) is 5.92 Å². The Balaban J connectivity index is 1.81. The summed E-state index contributed by atoms with van der Waals surface area (Å²) >= 11 is 0. The standard InChI is InChI=1S/C19H29N/c1-2-15-20-18(16-9-5-3-6-10-16)19(13-14-19)17-11-7-4-8-12-17/h4,7-8,11-12,16,18,20H,2-3,5-6,9-10,13-15H2,1H3. The molecule has 1 nitrogen and oxygen atoms in total. The molecule has 2 fully saturated rings. The third-order valence-electron chi connectivity index (χ3n) is 5.47. The monoisotopic (exact) mass is 271 g/mol. The highest BCUT2D eigenvalue weighted by molar-refractivity contribution is 5.34. The minimum Gasteiger partial charge on any atom is -0.313 e. The van der Waals surface area contributed by atoms with Crippen LogP contribution >= 0.6 is 0 Å². The lowest BCUT2D eigenvalue weighted by molar-refractivity contribution is 0.229. The molecule has 20 heavy (non-hydrogen) atoms. The summed E-state index contributed by atoms with van der Waals surface area (Å²) in [7, 11) is 0. The predicted molar refractivity (Wildman–Crippen MR) is 86.0 cm³/mol. The molecular formula is C19H29N. The molecule has 0 amide bonds. The molecule has 0 spiro atoms. The molecule has 0 aromatic heterocycles. The maximum Gasteiger partial charge on any atom is 0.0192 e. The molecule has 1 unspecified atom stereocenters. The van der Waals surface area contributed by atoms with Crippen molar-refractivity contribution in [1.82, 2.24) is 5.32 Å². The summed E-state index contributed by atoms with van der Waals surface area (Å²) < 4.78 is 0. The Morgan fingerprint density at radius 2 is 1.80 bits per heavy atom. The van der Waals surface area contributed by atoms with E-state index in [2.05, 4.69) is 42.6 Å². The molecule has 3 rings (SSSR count). The zero-order valence-electron chi connectivity index (χ0n) is 12.9. The lowest BCUT2D eigenvalue weighted by Gasteiger charge is -2.37. The lowest BCUT2D eigenvalue weighted by Crippen LogP contribution is -2.46. The van der Waals surface area contributed by atoms with Gasteiger partial charge in [-0.15, -0.1) is 0 Å². The van der Waals surface area contributed by atoms with Gasteiger partial charge >= 0.3 is 0 Å². The Morgan fingerprint density at radius 3 is 2.40 bits per heavy atom. The molecule has 1 aromatic rings. The lowest BCUT2D eigenvalue weighted by atomic mass is 9.74. The Bertz CT molecular complexity index is 401. The second kappa shape index (κ2) is 6.30. The maximum absolute atomic E-state index is 3.94. The fourth-order valence-electron chi connectivity index (χ4n) is 4.26. The van der Waals surface area contributed by atoms with Gasteiger partial charge in [-0.05, 0) is 50.1 Å². The third kappa shape index (κ3) is 2.79. The molecule has 2 aliphatic carbocycles. The van der Waals surface area contributed by atoms with Gasteiger partial charge < -0.3 is 5.32 Å². The third-order valence-corrected chi connectivity index (χ3v) is 5.47. The summed E-state index contributed by atoms with van der Waals surface area (Å²) in [5, 5.41) is 3.94. The van der Waals surface area contributed by atoms with Gasteiger partial charge in [0.1, 0.15) is 0 Å². The quantitative estimate of drug-likeness (QED) is 0.793. The number of benzene rings is 1. The van der Waals surface area contributed by atoms with E-state index in [1.54, 1.807) is 5.56 Å². The Kier molecular flexibility index (Phi) is 4.45. The molecule has 0 bridgehead atoms. The second-order valence-electron chi connectivity index (χ2n) is 6.85. The van der Waals surface area contributed by atoms with Crippen LogP contribution in [0.4, 0.5) is 0 Å². The van der Waals surface area contributed by atoms with Crippen molar-refractivity contribution < 1.29 is 0 Å². The SMILES string of the molecule is CCCNC(C1CCCCC1)C1(c2ccccc2)CC1. The van der Waals surface area contributed by atoms with Crippen molar-refractivity contribution in [3.05, 3.63) is 35.9 Å². The van der Waals surface area contributed by atoms with Gasteiger partial charge in [0.25, 0.3) is 0 Å². The average molecular weight is 271 g/mol. The van der Waals surface area contributed by atoms with Crippen LogP contribution in [-0.2, 0) is 5.41 Å². The molecule has 0 radical (unpaired) electrons. The maximum atomic E-state index is 3.94. The summed E-state index contributed by atoms with van der Waals surface area (Å²) in [5.74, 6) is 0.901. The van der Waals surface area contributed by atoms with Gasteiger partial charge in [-0.1, -0.05) is 56.5 Å². The van der Waals surface area contributed by atoms with Crippen molar-refractivity contribution in [3.63, 3.8) is 0 Å². The Labute approximate surface area is 124 Å². The van der Waals surface area contributed by atoms with Crippen LogP contribution in [0.3, 0.4) is 0 Å². The molecule has 1 heteroatoms. The highest BCUT2D eigenvalue weighted by Crippen LogP contribution is 2.54. The fourth-order valence-corrected chi connectivity index (χ4v) is 4.26. The largest absolute Gasteiger partial charge is 0.313 e. The van der Waals surface area contributed by atoms with Gasteiger partial charge in [0.05, 0.1) is 0 Å². The summed E-state index contributed by atoms with van der Waals surface area (Å²) in [5.41, 5.74) is 2.04. The normalized spacial score (nSPS) is 23.4. The van der Waals surface area contributed by atoms with Crippen molar-refractivity contribution in [2.75, 3.05) is 6.54 Å². The zero-order valence-corrected chi connectivity index (χ0v) is 12.9. The van der Waals surface area contributed by atoms with E-state index in [1.807, 2.05) is 0 Å². The van der Waals surface area contributed by atoms with E-state index >= 15 is 0 Å². The number of hydrogen-bond donors (Lipinski definition) is 1. The van der Waals surface area contributed by atoms with Crippen molar-refractivity contribution >= 4 is 0 Å². The summed E-state index contributed by atoms with van der Waals surface area (Å²) in [6.07, 6.45) is 11.2. The van der Waals surface area contributed by atoms with Gasteiger partial charge in [0.15, 0.2) is 0 Å².